The summed E-state index contributed by atoms with van der Waals surface area (Å²) in [6.07, 6.45) is 4.99. The zero-order valence-corrected chi connectivity index (χ0v) is 16.9. The molecule has 0 radical (unpaired) electrons. The molecule has 2 aromatic carbocycles. The van der Waals surface area contributed by atoms with Crippen LogP contribution in [0.4, 0.5) is 0 Å². The van der Waals surface area contributed by atoms with Crippen LogP contribution < -0.4 is 21.3 Å². The van der Waals surface area contributed by atoms with Gasteiger partial charge in [0.25, 0.3) is 11.8 Å². The van der Waals surface area contributed by atoms with Crippen molar-refractivity contribution in [1.29, 1.82) is 0 Å². The molecular formula is C23H29N3O4. The summed E-state index contributed by atoms with van der Waals surface area (Å²) in [7, 11) is 0. The molecule has 2 atom stereocenters. The molecule has 2 aromatic rings. The number of aliphatic hydroxyl groups excluding tert-OH is 1. The second-order valence-corrected chi connectivity index (χ2v) is 7.73. The quantitative estimate of drug-likeness (QED) is 0.523. The molecular weight excluding hydrogens is 382 g/mol. The lowest BCUT2D eigenvalue weighted by Gasteiger charge is -2.26. The number of nitrogens with two attached hydrogens (primary N) is 1. The molecule has 1 aliphatic rings. The summed E-state index contributed by atoms with van der Waals surface area (Å²) in [6.45, 7) is 0. The molecule has 7 nitrogen and oxygen atoms in total. The second-order valence-electron chi connectivity index (χ2n) is 7.73. The zero-order valence-electron chi connectivity index (χ0n) is 16.9. The Labute approximate surface area is 176 Å². The first-order chi connectivity index (χ1) is 14.5. The fourth-order valence-corrected chi connectivity index (χ4v) is 3.69. The summed E-state index contributed by atoms with van der Waals surface area (Å²) in [6, 6.07) is 15.2. The molecule has 30 heavy (non-hydrogen) atoms. The summed E-state index contributed by atoms with van der Waals surface area (Å²) in [5.74, 6) is 0.521. The van der Waals surface area contributed by atoms with Gasteiger partial charge in [-0.2, -0.15) is 0 Å². The lowest BCUT2D eigenvalue weighted by Crippen LogP contribution is -2.52. The minimum Gasteiger partial charge on any atom is -0.457 e. The van der Waals surface area contributed by atoms with Crippen molar-refractivity contribution in [3.63, 3.8) is 0 Å². The van der Waals surface area contributed by atoms with E-state index in [0.717, 1.165) is 12.8 Å². The Bertz CT molecular complexity index is 820. The van der Waals surface area contributed by atoms with Crippen molar-refractivity contribution >= 4 is 11.8 Å². The highest BCUT2D eigenvalue weighted by Gasteiger charge is 2.26. The highest BCUT2D eigenvalue weighted by molar-refractivity contribution is 5.95. The monoisotopic (exact) mass is 411 g/mol. The lowest BCUT2D eigenvalue weighted by molar-refractivity contribution is -0.131. The standard InChI is InChI=1S/C23H29N3O4/c24-20(15-16-7-3-1-4-8-16)21(27)23(29)26-25-22(28)17-11-13-19(14-12-17)30-18-9-5-2-6-10-18/h2,5-6,9-14,16,20-21,27H,1,3-4,7-8,15,24H2,(H,25,28)(H,26,29)/t20-,21?/m1/s1. The highest BCUT2D eigenvalue weighted by Crippen LogP contribution is 2.27. The fraction of sp³-hybridized carbons (Fsp3) is 0.391. The number of ether oxygens (including phenoxy) is 1. The minimum atomic E-state index is -1.37. The molecule has 0 spiro atoms. The summed E-state index contributed by atoms with van der Waals surface area (Å²) in [5.41, 5.74) is 10.9. The zero-order chi connectivity index (χ0) is 21.3. The van der Waals surface area contributed by atoms with E-state index in [0.29, 0.717) is 29.4 Å². The van der Waals surface area contributed by atoms with Gasteiger partial charge in [0.15, 0.2) is 0 Å². The van der Waals surface area contributed by atoms with Crippen LogP contribution in [0.3, 0.4) is 0 Å². The third kappa shape index (κ3) is 6.30. The van der Waals surface area contributed by atoms with Gasteiger partial charge in [-0.25, -0.2) is 0 Å². The highest BCUT2D eigenvalue weighted by atomic mass is 16.5. The van der Waals surface area contributed by atoms with Crippen molar-refractivity contribution in [1.82, 2.24) is 10.9 Å². The van der Waals surface area contributed by atoms with E-state index < -0.39 is 24.0 Å². The van der Waals surface area contributed by atoms with E-state index in [1.807, 2.05) is 30.3 Å². The van der Waals surface area contributed by atoms with Crippen molar-refractivity contribution in [3.8, 4) is 11.5 Å². The largest absolute Gasteiger partial charge is 0.457 e. The SMILES string of the molecule is N[C@H](CC1CCCCC1)C(O)C(=O)NNC(=O)c1ccc(Oc2ccccc2)cc1. The Morgan fingerprint density at radius 1 is 0.967 bits per heavy atom. The number of nitrogens with one attached hydrogen (secondary N) is 2. The van der Waals surface area contributed by atoms with E-state index in [1.165, 1.54) is 19.3 Å². The maximum Gasteiger partial charge on any atom is 0.269 e. The maximum absolute atomic E-state index is 12.2. The van der Waals surface area contributed by atoms with Crippen LogP contribution >= 0.6 is 0 Å². The first kappa shape index (κ1) is 21.8. The number of aliphatic hydroxyl groups is 1. The number of benzene rings is 2. The van der Waals surface area contributed by atoms with Crippen LogP contribution in [0.1, 0.15) is 48.9 Å². The Morgan fingerprint density at radius 2 is 1.60 bits per heavy atom. The molecule has 1 saturated carbocycles. The van der Waals surface area contributed by atoms with Crippen molar-refractivity contribution in [2.75, 3.05) is 0 Å². The Morgan fingerprint density at radius 3 is 2.27 bits per heavy atom. The topological polar surface area (TPSA) is 114 Å². The Balaban J connectivity index is 1.45. The number of carbonyl (C=O) groups excluding carboxylic acids is 2. The summed E-state index contributed by atoms with van der Waals surface area (Å²) in [4.78, 5) is 24.4. The van der Waals surface area contributed by atoms with Crippen LogP contribution in [0.25, 0.3) is 0 Å². The van der Waals surface area contributed by atoms with Gasteiger partial charge < -0.3 is 15.6 Å². The van der Waals surface area contributed by atoms with Crippen LogP contribution in [0.15, 0.2) is 54.6 Å². The summed E-state index contributed by atoms with van der Waals surface area (Å²) >= 11 is 0. The van der Waals surface area contributed by atoms with Gasteiger partial charge in [0, 0.05) is 11.6 Å². The number of hydrogen-bond acceptors (Lipinski definition) is 5. The van der Waals surface area contributed by atoms with E-state index in [2.05, 4.69) is 10.9 Å². The van der Waals surface area contributed by atoms with Crippen LogP contribution in [-0.4, -0.2) is 29.1 Å². The number of carbonyl (C=O) groups is 2. The van der Waals surface area contributed by atoms with Crippen molar-refractivity contribution in [3.05, 3.63) is 60.2 Å². The predicted octanol–water partition coefficient (Wildman–Crippen LogP) is 2.90. The number of para-hydroxylation sites is 1. The number of hydrogen-bond donors (Lipinski definition) is 4. The molecule has 1 unspecified atom stereocenters. The van der Waals surface area contributed by atoms with E-state index in [9.17, 15) is 14.7 Å². The number of rotatable bonds is 7. The molecule has 160 valence electrons. The first-order valence-corrected chi connectivity index (χ1v) is 10.4. The summed E-state index contributed by atoms with van der Waals surface area (Å²) < 4.78 is 5.68. The lowest BCUT2D eigenvalue weighted by atomic mass is 9.84. The molecule has 7 heteroatoms. The van der Waals surface area contributed by atoms with Gasteiger partial charge in [0.2, 0.25) is 0 Å². The predicted molar refractivity (Wildman–Crippen MR) is 114 cm³/mol. The third-order valence-corrected chi connectivity index (χ3v) is 5.40. The number of amides is 2. The second kappa shape index (κ2) is 10.8. The van der Waals surface area contributed by atoms with Gasteiger partial charge in [0.1, 0.15) is 17.6 Å². The smallest absolute Gasteiger partial charge is 0.269 e. The third-order valence-electron chi connectivity index (χ3n) is 5.40. The maximum atomic E-state index is 12.2. The van der Waals surface area contributed by atoms with Crippen LogP contribution in [-0.2, 0) is 4.79 Å². The molecule has 0 saturated heterocycles. The molecule has 0 bridgehead atoms. The van der Waals surface area contributed by atoms with Crippen molar-refractivity contribution in [2.45, 2.75) is 50.7 Å². The molecule has 1 aliphatic carbocycles. The van der Waals surface area contributed by atoms with Gasteiger partial charge in [-0.15, -0.1) is 0 Å². The van der Waals surface area contributed by atoms with Crippen LogP contribution in [0.2, 0.25) is 0 Å². The minimum absolute atomic E-state index is 0.344. The number of hydrazine groups is 1. The van der Waals surface area contributed by atoms with Crippen LogP contribution in [0.5, 0.6) is 11.5 Å². The van der Waals surface area contributed by atoms with Gasteiger partial charge >= 0.3 is 0 Å². The molecule has 0 aliphatic heterocycles. The van der Waals surface area contributed by atoms with Gasteiger partial charge in [-0.1, -0.05) is 50.3 Å². The molecule has 5 N–H and O–H groups in total. The molecule has 0 heterocycles. The molecule has 0 aromatic heterocycles. The molecule has 1 fully saturated rings. The van der Waals surface area contributed by atoms with E-state index in [4.69, 9.17) is 10.5 Å². The van der Waals surface area contributed by atoms with E-state index >= 15 is 0 Å². The van der Waals surface area contributed by atoms with Gasteiger partial charge in [-0.3, -0.25) is 20.4 Å². The average molecular weight is 412 g/mol. The van der Waals surface area contributed by atoms with E-state index in [-0.39, 0.29) is 0 Å². The Hall–Kier alpha value is -2.90. The normalized spacial score (nSPS) is 16.3. The molecule has 2 amide bonds. The summed E-state index contributed by atoms with van der Waals surface area (Å²) in [5, 5.41) is 10.2. The molecule has 3 rings (SSSR count). The Kier molecular flexibility index (Phi) is 7.82. The average Bonchev–Trinajstić information content (AvgIpc) is 2.78. The fourth-order valence-electron chi connectivity index (χ4n) is 3.69. The van der Waals surface area contributed by atoms with E-state index in [1.54, 1.807) is 24.3 Å². The van der Waals surface area contributed by atoms with Crippen molar-refractivity contribution < 1.29 is 19.4 Å². The first-order valence-electron chi connectivity index (χ1n) is 10.4. The van der Waals surface area contributed by atoms with Gasteiger partial charge in [0.05, 0.1) is 0 Å². The van der Waals surface area contributed by atoms with Crippen molar-refractivity contribution in [2.24, 2.45) is 11.7 Å². The van der Waals surface area contributed by atoms with Gasteiger partial charge in [-0.05, 0) is 48.7 Å². The van der Waals surface area contributed by atoms with Crippen LogP contribution in [0, 0.1) is 5.92 Å².